The minimum atomic E-state index is -4.09. The molecule has 1 fully saturated rings. The number of benzene rings is 1. The second-order valence-electron chi connectivity index (χ2n) is 6.73. The van der Waals surface area contributed by atoms with Gasteiger partial charge in [0.05, 0.1) is 19.5 Å². The highest BCUT2D eigenvalue weighted by Gasteiger charge is 2.63. The number of carboxylic acid groups (broad SMARTS) is 1. The van der Waals surface area contributed by atoms with Gasteiger partial charge < -0.3 is 9.84 Å². The fourth-order valence-electron chi connectivity index (χ4n) is 3.25. The number of sulfonamides is 1. The van der Waals surface area contributed by atoms with Gasteiger partial charge in [0.15, 0.2) is 11.6 Å². The molecule has 1 saturated carbocycles. The molecule has 1 aliphatic rings. The van der Waals surface area contributed by atoms with Gasteiger partial charge in [0.2, 0.25) is 10.0 Å². The van der Waals surface area contributed by atoms with Crippen molar-refractivity contribution >= 4 is 16.0 Å². The molecule has 2 aromatic heterocycles. The van der Waals surface area contributed by atoms with Crippen LogP contribution in [-0.2, 0) is 14.8 Å². The van der Waals surface area contributed by atoms with Crippen LogP contribution < -0.4 is 9.46 Å². The predicted octanol–water partition coefficient (Wildman–Crippen LogP) is 1.57. The van der Waals surface area contributed by atoms with Crippen LogP contribution in [-0.4, -0.2) is 46.9 Å². The lowest BCUT2D eigenvalue weighted by Crippen LogP contribution is -2.44. The number of methoxy groups -OCH3 is 1. The van der Waals surface area contributed by atoms with Crippen molar-refractivity contribution in [2.24, 2.45) is 0 Å². The van der Waals surface area contributed by atoms with Gasteiger partial charge in [-0.3, -0.25) is 4.79 Å². The molecular weight excluding hydrogens is 396 g/mol. The number of aromatic nitrogens is 3. The van der Waals surface area contributed by atoms with Crippen LogP contribution in [0.15, 0.2) is 66.0 Å². The number of hydrogen-bond acceptors (Lipinski definition) is 6. The maximum atomic E-state index is 12.8. The second-order valence-corrected chi connectivity index (χ2v) is 8.41. The van der Waals surface area contributed by atoms with E-state index in [0.29, 0.717) is 11.6 Å². The monoisotopic (exact) mass is 414 g/mol. The summed E-state index contributed by atoms with van der Waals surface area (Å²) in [5, 5.41) is 13.8. The summed E-state index contributed by atoms with van der Waals surface area (Å²) in [6, 6.07) is 11.8. The van der Waals surface area contributed by atoms with Gasteiger partial charge in [-0.25, -0.2) is 18.1 Å². The van der Waals surface area contributed by atoms with E-state index in [0.717, 1.165) is 5.56 Å². The van der Waals surface area contributed by atoms with Crippen molar-refractivity contribution in [3.63, 3.8) is 0 Å². The van der Waals surface area contributed by atoms with Crippen molar-refractivity contribution in [1.82, 2.24) is 19.5 Å². The minimum Gasteiger partial charge on any atom is -0.493 e. The summed E-state index contributed by atoms with van der Waals surface area (Å²) in [5.41, 5.74) is -0.785. The van der Waals surface area contributed by atoms with Gasteiger partial charge in [0.1, 0.15) is 10.4 Å². The van der Waals surface area contributed by atoms with Gasteiger partial charge in [0.25, 0.3) is 0 Å². The van der Waals surface area contributed by atoms with Crippen LogP contribution >= 0.6 is 0 Å². The van der Waals surface area contributed by atoms with Gasteiger partial charge in [-0.05, 0) is 24.1 Å². The molecule has 0 saturated heterocycles. The Morgan fingerprint density at radius 1 is 1.24 bits per heavy atom. The first-order valence-corrected chi connectivity index (χ1v) is 10.2. The highest BCUT2D eigenvalue weighted by atomic mass is 32.2. The van der Waals surface area contributed by atoms with Crippen LogP contribution in [0.2, 0.25) is 0 Å². The Labute approximate surface area is 167 Å². The van der Waals surface area contributed by atoms with Crippen molar-refractivity contribution in [3.8, 4) is 11.6 Å². The summed E-state index contributed by atoms with van der Waals surface area (Å²) in [6.07, 6.45) is 4.45. The number of carboxylic acids is 1. The summed E-state index contributed by atoms with van der Waals surface area (Å²) in [6.45, 7) is 0. The predicted molar refractivity (Wildman–Crippen MR) is 102 cm³/mol. The molecule has 0 unspecified atom stereocenters. The van der Waals surface area contributed by atoms with E-state index in [1.165, 1.54) is 36.3 Å². The molecule has 0 aliphatic heterocycles. The number of carbonyl (C=O) groups is 1. The Kier molecular flexibility index (Phi) is 4.59. The lowest BCUT2D eigenvalue weighted by molar-refractivity contribution is -0.140. The minimum absolute atomic E-state index is 0.125. The lowest BCUT2D eigenvalue weighted by atomic mass is 10.1. The van der Waals surface area contributed by atoms with Crippen molar-refractivity contribution in [1.29, 1.82) is 0 Å². The van der Waals surface area contributed by atoms with Gasteiger partial charge in [0, 0.05) is 12.1 Å². The van der Waals surface area contributed by atoms with Gasteiger partial charge in [-0.2, -0.15) is 9.82 Å². The Hall–Kier alpha value is -3.24. The normalized spacial score (nSPS) is 20.9. The number of nitrogens with one attached hydrogen (secondary N) is 1. The van der Waals surface area contributed by atoms with E-state index >= 15 is 0 Å². The van der Waals surface area contributed by atoms with E-state index in [1.807, 2.05) is 6.07 Å². The van der Waals surface area contributed by atoms with Crippen LogP contribution in [0.1, 0.15) is 17.9 Å². The summed E-state index contributed by atoms with van der Waals surface area (Å²) >= 11 is 0. The van der Waals surface area contributed by atoms with E-state index in [9.17, 15) is 18.3 Å². The highest BCUT2D eigenvalue weighted by Crippen LogP contribution is 2.52. The van der Waals surface area contributed by atoms with Gasteiger partial charge in [-0.1, -0.05) is 30.3 Å². The zero-order valence-corrected chi connectivity index (χ0v) is 16.2. The molecular formula is C19H18N4O5S. The number of aliphatic carboxylic acids is 1. The highest BCUT2D eigenvalue weighted by molar-refractivity contribution is 7.89. The Morgan fingerprint density at radius 3 is 2.59 bits per heavy atom. The largest absolute Gasteiger partial charge is 0.493 e. The first-order valence-electron chi connectivity index (χ1n) is 8.73. The van der Waals surface area contributed by atoms with E-state index in [-0.39, 0.29) is 11.3 Å². The number of hydrogen-bond donors (Lipinski definition) is 2. The molecule has 0 spiro atoms. The molecule has 0 radical (unpaired) electrons. The fraction of sp³-hybridized carbons (Fsp3) is 0.211. The molecule has 2 atom stereocenters. The summed E-state index contributed by atoms with van der Waals surface area (Å²) in [7, 11) is -2.58. The molecule has 10 heteroatoms. The number of ether oxygens (including phenoxy) is 1. The molecule has 1 aromatic carbocycles. The molecule has 0 amide bonds. The Morgan fingerprint density at radius 2 is 2.00 bits per heavy atom. The summed E-state index contributed by atoms with van der Waals surface area (Å²) < 4.78 is 34.5. The average molecular weight is 414 g/mol. The van der Waals surface area contributed by atoms with E-state index in [2.05, 4.69) is 14.8 Å². The first kappa shape index (κ1) is 19.1. The number of nitrogens with zero attached hydrogens (tertiary/aromatic N) is 3. The van der Waals surface area contributed by atoms with E-state index in [4.69, 9.17) is 4.74 Å². The summed E-state index contributed by atoms with van der Waals surface area (Å²) in [5.74, 6) is -0.703. The summed E-state index contributed by atoms with van der Waals surface area (Å²) in [4.78, 5) is 15.9. The third-order valence-corrected chi connectivity index (χ3v) is 6.42. The maximum Gasteiger partial charge on any atom is 0.325 e. The average Bonchev–Trinajstić information content (AvgIpc) is 3.24. The van der Waals surface area contributed by atoms with Crippen LogP contribution in [0, 0.1) is 0 Å². The third kappa shape index (κ3) is 3.47. The molecule has 4 rings (SSSR count). The van der Waals surface area contributed by atoms with E-state index < -0.39 is 27.4 Å². The molecule has 29 heavy (non-hydrogen) atoms. The Bertz CT molecular complexity index is 1140. The zero-order chi connectivity index (χ0) is 20.6. The van der Waals surface area contributed by atoms with Crippen LogP contribution in [0.3, 0.4) is 0 Å². The SMILES string of the molecule is COc1cnn(-c2ccc(S(=O)(=O)N[C@@]3(C(=O)O)C[C@H]3c3ccccc3)cn2)c1. The van der Waals surface area contributed by atoms with Crippen LogP contribution in [0.25, 0.3) is 5.82 Å². The molecule has 1 aliphatic carbocycles. The lowest BCUT2D eigenvalue weighted by Gasteiger charge is -2.15. The van der Waals surface area contributed by atoms with Crippen molar-refractivity contribution in [2.45, 2.75) is 22.8 Å². The molecule has 150 valence electrons. The fourth-order valence-corrected chi connectivity index (χ4v) is 4.60. The maximum absolute atomic E-state index is 12.8. The van der Waals surface area contributed by atoms with Crippen molar-refractivity contribution < 1.29 is 23.1 Å². The quantitative estimate of drug-likeness (QED) is 0.601. The van der Waals surface area contributed by atoms with Crippen molar-refractivity contribution in [3.05, 3.63) is 66.6 Å². The number of pyridine rings is 1. The topological polar surface area (TPSA) is 123 Å². The standard InChI is InChI=1S/C19H18N4O5S/c1-28-14-10-21-23(12-14)17-8-7-15(11-20-17)29(26,27)22-19(18(24)25)9-16(19)13-5-3-2-4-6-13/h2-8,10-12,16,22H,9H2,1H3,(H,24,25)/t16-,19-/m0/s1. The first-order chi connectivity index (χ1) is 13.9. The van der Waals surface area contributed by atoms with Crippen molar-refractivity contribution in [2.75, 3.05) is 7.11 Å². The second kappa shape index (κ2) is 6.98. The molecule has 0 bridgehead atoms. The van der Waals surface area contributed by atoms with Gasteiger partial charge in [-0.15, -0.1) is 0 Å². The molecule has 9 nitrogen and oxygen atoms in total. The van der Waals surface area contributed by atoms with Crippen LogP contribution in [0.5, 0.6) is 5.75 Å². The molecule has 2 N–H and O–H groups in total. The molecule has 3 aromatic rings. The smallest absolute Gasteiger partial charge is 0.325 e. The van der Waals surface area contributed by atoms with Gasteiger partial charge >= 0.3 is 5.97 Å². The van der Waals surface area contributed by atoms with Crippen LogP contribution in [0.4, 0.5) is 0 Å². The number of rotatable bonds is 7. The zero-order valence-electron chi connectivity index (χ0n) is 15.4. The third-order valence-electron chi connectivity index (χ3n) is 4.92. The molecule has 2 heterocycles. The van der Waals surface area contributed by atoms with E-state index in [1.54, 1.807) is 30.5 Å². The Balaban J connectivity index is 1.57.